The average Bonchev–Trinajstić information content (AvgIpc) is 2.26. The monoisotopic (exact) mass is 241 g/mol. The highest BCUT2D eigenvalue weighted by Gasteiger charge is 2.22. The van der Waals surface area contributed by atoms with Crippen LogP contribution in [0.25, 0.3) is 0 Å². The number of halogens is 1. The number of carbonyl (C=O) groups excluding carboxylic acids is 1. The fourth-order valence-electron chi connectivity index (χ4n) is 1.59. The van der Waals surface area contributed by atoms with Gasteiger partial charge in [-0.15, -0.1) is 0 Å². The topological polar surface area (TPSA) is 54.5 Å². The molecule has 0 bridgehead atoms. The van der Waals surface area contributed by atoms with Gasteiger partial charge in [0.25, 0.3) is 0 Å². The van der Waals surface area contributed by atoms with Gasteiger partial charge in [0.05, 0.1) is 18.8 Å². The third-order valence-electron chi connectivity index (χ3n) is 2.31. The maximum atomic E-state index is 11.4. The average molecular weight is 242 g/mol. The Kier molecular flexibility index (Phi) is 3.26. The zero-order chi connectivity index (χ0) is 11.5. The lowest BCUT2D eigenvalue weighted by Gasteiger charge is -2.29. The minimum absolute atomic E-state index is 0.0484. The van der Waals surface area contributed by atoms with Crippen LogP contribution in [0.4, 0.5) is 11.5 Å². The molecular formula is C10H12ClN3O2. The van der Waals surface area contributed by atoms with Crippen LogP contribution < -0.4 is 10.2 Å². The summed E-state index contributed by atoms with van der Waals surface area (Å²) in [6.45, 7) is 1.44. The Morgan fingerprint density at radius 3 is 3.19 bits per heavy atom. The van der Waals surface area contributed by atoms with Gasteiger partial charge in [0, 0.05) is 13.7 Å². The molecule has 0 atom stereocenters. The van der Waals surface area contributed by atoms with Crippen LogP contribution >= 0.6 is 11.6 Å². The largest absolute Gasteiger partial charge is 0.383 e. The molecule has 2 heterocycles. The first-order chi connectivity index (χ1) is 7.70. The van der Waals surface area contributed by atoms with Crippen LogP contribution in [-0.2, 0) is 9.53 Å². The van der Waals surface area contributed by atoms with E-state index in [0.29, 0.717) is 29.8 Å². The fraction of sp³-hybridized carbons (Fsp3) is 0.400. The van der Waals surface area contributed by atoms with Crippen LogP contribution in [0.3, 0.4) is 0 Å². The number of rotatable bonds is 3. The van der Waals surface area contributed by atoms with E-state index in [1.54, 1.807) is 19.2 Å². The Bertz CT molecular complexity index is 411. The molecule has 6 heteroatoms. The van der Waals surface area contributed by atoms with E-state index in [4.69, 9.17) is 16.3 Å². The number of amides is 1. The second-order valence-corrected chi connectivity index (χ2v) is 3.85. The number of methoxy groups -OCH3 is 1. The standard InChI is InChI=1S/C10H12ClN3O2/c1-16-5-4-14-6-9(15)12-7-2-3-8(11)13-10(7)14/h2-3H,4-6H2,1H3,(H,12,15). The number of anilines is 2. The summed E-state index contributed by atoms with van der Waals surface area (Å²) < 4.78 is 4.99. The quantitative estimate of drug-likeness (QED) is 0.807. The van der Waals surface area contributed by atoms with Crippen molar-refractivity contribution in [2.75, 3.05) is 37.0 Å². The molecule has 2 rings (SSSR count). The van der Waals surface area contributed by atoms with Gasteiger partial charge >= 0.3 is 0 Å². The predicted molar refractivity (Wildman–Crippen MR) is 62.0 cm³/mol. The molecule has 1 N–H and O–H groups in total. The molecule has 0 spiro atoms. The van der Waals surface area contributed by atoms with Crippen molar-refractivity contribution in [1.29, 1.82) is 0 Å². The number of ether oxygens (including phenoxy) is 1. The smallest absolute Gasteiger partial charge is 0.244 e. The molecule has 0 aliphatic carbocycles. The van der Waals surface area contributed by atoms with Gasteiger partial charge in [-0.25, -0.2) is 4.98 Å². The summed E-state index contributed by atoms with van der Waals surface area (Å²) >= 11 is 5.83. The number of carbonyl (C=O) groups is 1. The molecule has 16 heavy (non-hydrogen) atoms. The van der Waals surface area contributed by atoms with Crippen LogP contribution in [0, 0.1) is 0 Å². The van der Waals surface area contributed by atoms with Crippen molar-refractivity contribution in [2.24, 2.45) is 0 Å². The van der Waals surface area contributed by atoms with Crippen molar-refractivity contribution in [2.45, 2.75) is 0 Å². The van der Waals surface area contributed by atoms with Crippen molar-refractivity contribution >= 4 is 29.0 Å². The molecule has 1 aromatic heterocycles. The van der Waals surface area contributed by atoms with Crippen molar-refractivity contribution in [3.8, 4) is 0 Å². The maximum Gasteiger partial charge on any atom is 0.244 e. The second kappa shape index (κ2) is 4.67. The highest BCUT2D eigenvalue weighted by Crippen LogP contribution is 2.28. The van der Waals surface area contributed by atoms with Gasteiger partial charge in [0.1, 0.15) is 5.15 Å². The van der Waals surface area contributed by atoms with Gasteiger partial charge in [0.2, 0.25) is 5.91 Å². The number of nitrogens with zero attached hydrogens (tertiary/aromatic N) is 2. The van der Waals surface area contributed by atoms with E-state index >= 15 is 0 Å². The number of fused-ring (bicyclic) bond motifs is 1. The molecule has 0 aromatic carbocycles. The van der Waals surface area contributed by atoms with Crippen molar-refractivity contribution in [3.63, 3.8) is 0 Å². The normalized spacial score (nSPS) is 14.6. The fourth-order valence-corrected chi connectivity index (χ4v) is 1.73. The van der Waals surface area contributed by atoms with Gasteiger partial charge in [-0.2, -0.15) is 0 Å². The molecule has 0 fully saturated rings. The molecule has 0 radical (unpaired) electrons. The molecule has 5 nitrogen and oxygen atoms in total. The Balaban J connectivity index is 2.28. The number of nitrogens with one attached hydrogen (secondary N) is 1. The zero-order valence-corrected chi connectivity index (χ0v) is 9.62. The molecule has 1 aliphatic heterocycles. The van der Waals surface area contributed by atoms with Crippen LogP contribution in [0.2, 0.25) is 5.15 Å². The van der Waals surface area contributed by atoms with Crippen LogP contribution in [0.15, 0.2) is 12.1 Å². The number of pyridine rings is 1. The first kappa shape index (κ1) is 11.2. The highest BCUT2D eigenvalue weighted by atomic mass is 35.5. The molecule has 0 unspecified atom stereocenters. The maximum absolute atomic E-state index is 11.4. The molecule has 1 amide bonds. The lowest BCUT2D eigenvalue weighted by Crippen LogP contribution is -2.40. The summed E-state index contributed by atoms with van der Waals surface area (Å²) in [4.78, 5) is 17.5. The Hall–Kier alpha value is -1.33. The third kappa shape index (κ3) is 2.25. The van der Waals surface area contributed by atoms with E-state index in [1.807, 2.05) is 4.90 Å². The molecule has 1 aromatic rings. The number of hydrogen-bond donors (Lipinski definition) is 1. The highest BCUT2D eigenvalue weighted by molar-refractivity contribution is 6.29. The first-order valence-electron chi connectivity index (χ1n) is 4.91. The minimum Gasteiger partial charge on any atom is -0.383 e. The molecular weight excluding hydrogens is 230 g/mol. The van der Waals surface area contributed by atoms with Gasteiger partial charge in [-0.1, -0.05) is 11.6 Å². The SMILES string of the molecule is COCCN1CC(=O)Nc2ccc(Cl)nc21. The van der Waals surface area contributed by atoms with Crippen LogP contribution in [0.1, 0.15) is 0 Å². The van der Waals surface area contributed by atoms with E-state index in [-0.39, 0.29) is 12.5 Å². The first-order valence-corrected chi connectivity index (χ1v) is 5.29. The second-order valence-electron chi connectivity index (χ2n) is 3.47. The summed E-state index contributed by atoms with van der Waals surface area (Å²) in [5, 5.41) is 3.17. The van der Waals surface area contributed by atoms with Crippen molar-refractivity contribution in [1.82, 2.24) is 4.98 Å². The molecule has 86 valence electrons. The lowest BCUT2D eigenvalue weighted by molar-refractivity contribution is -0.115. The van der Waals surface area contributed by atoms with Gasteiger partial charge in [-0.05, 0) is 12.1 Å². The van der Waals surface area contributed by atoms with Crippen molar-refractivity contribution < 1.29 is 9.53 Å². The third-order valence-corrected chi connectivity index (χ3v) is 2.53. The van der Waals surface area contributed by atoms with Gasteiger partial charge in [0.15, 0.2) is 5.82 Å². The summed E-state index contributed by atoms with van der Waals surface area (Å²) in [6, 6.07) is 3.40. The summed E-state index contributed by atoms with van der Waals surface area (Å²) in [5.41, 5.74) is 0.691. The molecule has 1 aliphatic rings. The van der Waals surface area contributed by atoms with E-state index in [0.717, 1.165) is 0 Å². The summed E-state index contributed by atoms with van der Waals surface area (Å²) in [6.07, 6.45) is 0. The number of hydrogen-bond acceptors (Lipinski definition) is 4. The minimum atomic E-state index is -0.0484. The van der Waals surface area contributed by atoms with Crippen LogP contribution in [-0.4, -0.2) is 37.7 Å². The predicted octanol–water partition coefficient (Wildman–Crippen LogP) is 1.14. The van der Waals surface area contributed by atoms with Gasteiger partial charge in [-0.3, -0.25) is 4.79 Å². The Morgan fingerprint density at radius 2 is 2.44 bits per heavy atom. The van der Waals surface area contributed by atoms with E-state index in [1.165, 1.54) is 0 Å². The molecule has 0 saturated carbocycles. The lowest BCUT2D eigenvalue weighted by atomic mass is 10.2. The summed E-state index contributed by atoms with van der Waals surface area (Å²) in [7, 11) is 1.62. The van der Waals surface area contributed by atoms with E-state index in [2.05, 4.69) is 10.3 Å². The van der Waals surface area contributed by atoms with E-state index < -0.39 is 0 Å². The van der Waals surface area contributed by atoms with E-state index in [9.17, 15) is 4.79 Å². The van der Waals surface area contributed by atoms with Gasteiger partial charge < -0.3 is 15.0 Å². The number of aromatic nitrogens is 1. The Morgan fingerprint density at radius 1 is 1.62 bits per heavy atom. The van der Waals surface area contributed by atoms with Crippen LogP contribution in [0.5, 0.6) is 0 Å². The summed E-state index contributed by atoms with van der Waals surface area (Å²) in [5.74, 6) is 0.650. The zero-order valence-electron chi connectivity index (χ0n) is 8.86. The Labute approximate surface area is 98.4 Å². The molecule has 0 saturated heterocycles. The van der Waals surface area contributed by atoms with Crippen molar-refractivity contribution in [3.05, 3.63) is 17.3 Å².